The molecule has 2 N–H and O–H groups in total. The molecular weight excluding hydrogens is 422 g/mol. The van der Waals surface area contributed by atoms with Crippen LogP contribution in [0.15, 0.2) is 66.0 Å². The highest BCUT2D eigenvalue weighted by molar-refractivity contribution is 7.10. The smallest absolute Gasteiger partial charge is 0.313 e. The van der Waals surface area contributed by atoms with Crippen LogP contribution in [0.2, 0.25) is 0 Å². The summed E-state index contributed by atoms with van der Waals surface area (Å²) in [6.07, 6.45) is 0.976. The molecule has 166 valence electrons. The second-order valence-electron chi connectivity index (χ2n) is 7.64. The van der Waals surface area contributed by atoms with Crippen molar-refractivity contribution in [2.75, 3.05) is 25.0 Å². The first kappa shape index (κ1) is 22.0. The van der Waals surface area contributed by atoms with Gasteiger partial charge in [0.05, 0.1) is 12.6 Å². The molecule has 1 aliphatic rings. The van der Waals surface area contributed by atoms with Crippen LogP contribution in [0.4, 0.5) is 5.69 Å². The van der Waals surface area contributed by atoms with Crippen LogP contribution in [0.3, 0.4) is 0 Å². The number of hydrogen-bond donors (Lipinski definition) is 2. The fraction of sp³-hybridized carbons (Fsp3) is 0.280. The minimum absolute atomic E-state index is 0.0191. The summed E-state index contributed by atoms with van der Waals surface area (Å²) in [5.41, 5.74) is 3.25. The molecule has 2 heterocycles. The van der Waals surface area contributed by atoms with E-state index in [9.17, 15) is 9.59 Å². The van der Waals surface area contributed by atoms with Gasteiger partial charge in [0.25, 0.3) is 0 Å². The number of nitrogens with one attached hydrogen (secondary N) is 2. The Morgan fingerprint density at radius 1 is 1.03 bits per heavy atom. The third-order valence-electron chi connectivity index (χ3n) is 5.56. The molecule has 2 aromatic carbocycles. The van der Waals surface area contributed by atoms with Crippen molar-refractivity contribution < 1.29 is 14.3 Å². The standard InChI is InChI=1S/C25H27N3O3S/c1-2-31-21-11-9-20(10-12-21)27-25(30)24(29)26-16-22(23-8-5-15-32-23)28-14-13-18-6-3-4-7-19(18)17-28/h3-12,15,22H,2,13-14,16-17H2,1H3,(H,26,29)(H,27,30). The van der Waals surface area contributed by atoms with E-state index < -0.39 is 11.8 Å². The molecule has 1 atom stereocenters. The summed E-state index contributed by atoms with van der Waals surface area (Å²) < 4.78 is 5.40. The molecule has 0 bridgehead atoms. The number of amides is 2. The van der Waals surface area contributed by atoms with Crippen LogP contribution in [0, 0.1) is 0 Å². The highest BCUT2D eigenvalue weighted by Gasteiger charge is 2.26. The first-order valence-electron chi connectivity index (χ1n) is 10.8. The molecular formula is C25H27N3O3S. The third kappa shape index (κ3) is 5.36. The van der Waals surface area contributed by atoms with Gasteiger partial charge in [0.15, 0.2) is 0 Å². The summed E-state index contributed by atoms with van der Waals surface area (Å²) in [6, 6.07) is 19.6. The Morgan fingerprint density at radius 2 is 1.81 bits per heavy atom. The third-order valence-corrected chi connectivity index (χ3v) is 6.53. The molecule has 0 radical (unpaired) electrons. The lowest BCUT2D eigenvalue weighted by molar-refractivity contribution is -0.136. The summed E-state index contributed by atoms with van der Waals surface area (Å²) in [4.78, 5) is 28.5. The molecule has 0 fully saturated rings. The number of fused-ring (bicyclic) bond motifs is 1. The zero-order valence-corrected chi connectivity index (χ0v) is 18.9. The molecule has 7 heteroatoms. The lowest BCUT2D eigenvalue weighted by atomic mass is 9.98. The second-order valence-corrected chi connectivity index (χ2v) is 8.62. The zero-order chi connectivity index (χ0) is 22.3. The molecule has 0 saturated heterocycles. The number of carbonyl (C=O) groups excluding carboxylic acids is 2. The van der Waals surface area contributed by atoms with Crippen molar-refractivity contribution >= 4 is 28.8 Å². The van der Waals surface area contributed by atoms with Crippen molar-refractivity contribution in [3.63, 3.8) is 0 Å². The average molecular weight is 450 g/mol. The Balaban J connectivity index is 1.38. The summed E-state index contributed by atoms with van der Waals surface area (Å²) in [5.74, 6) is -0.599. The number of carbonyl (C=O) groups is 2. The van der Waals surface area contributed by atoms with E-state index in [2.05, 4.69) is 45.9 Å². The van der Waals surface area contributed by atoms with Gasteiger partial charge in [-0.3, -0.25) is 14.5 Å². The molecule has 1 aromatic heterocycles. The summed E-state index contributed by atoms with van der Waals surface area (Å²) in [7, 11) is 0. The lowest BCUT2D eigenvalue weighted by Gasteiger charge is -2.35. The van der Waals surface area contributed by atoms with Crippen LogP contribution < -0.4 is 15.4 Å². The van der Waals surface area contributed by atoms with Gasteiger partial charge in [0.1, 0.15) is 5.75 Å². The fourth-order valence-electron chi connectivity index (χ4n) is 3.93. The Kier molecular flexibility index (Phi) is 7.19. The Hall–Kier alpha value is -3.16. The molecule has 2 amide bonds. The van der Waals surface area contributed by atoms with Gasteiger partial charge in [0.2, 0.25) is 0 Å². The van der Waals surface area contributed by atoms with Crippen molar-refractivity contribution in [3.8, 4) is 5.75 Å². The molecule has 4 rings (SSSR count). The maximum absolute atomic E-state index is 12.5. The van der Waals surface area contributed by atoms with Crippen molar-refractivity contribution in [1.29, 1.82) is 0 Å². The van der Waals surface area contributed by atoms with E-state index in [0.29, 0.717) is 18.8 Å². The quantitative estimate of drug-likeness (QED) is 0.535. The number of benzene rings is 2. The van der Waals surface area contributed by atoms with Crippen LogP contribution in [0.25, 0.3) is 0 Å². The lowest BCUT2D eigenvalue weighted by Crippen LogP contribution is -2.43. The molecule has 6 nitrogen and oxygen atoms in total. The van der Waals surface area contributed by atoms with E-state index in [-0.39, 0.29) is 6.04 Å². The number of nitrogens with zero attached hydrogens (tertiary/aromatic N) is 1. The predicted octanol–water partition coefficient (Wildman–Crippen LogP) is 4.00. The minimum Gasteiger partial charge on any atom is -0.494 e. The molecule has 0 saturated carbocycles. The van der Waals surface area contributed by atoms with Gasteiger partial charge >= 0.3 is 11.8 Å². The van der Waals surface area contributed by atoms with Gasteiger partial charge in [-0.05, 0) is 60.2 Å². The van der Waals surface area contributed by atoms with Crippen LogP contribution in [0.1, 0.15) is 29.0 Å². The van der Waals surface area contributed by atoms with Crippen molar-refractivity contribution in [3.05, 3.63) is 82.0 Å². The average Bonchev–Trinajstić information content (AvgIpc) is 3.35. The summed E-state index contributed by atoms with van der Waals surface area (Å²) in [6.45, 7) is 4.59. The maximum atomic E-state index is 12.5. The van der Waals surface area contributed by atoms with E-state index in [0.717, 1.165) is 25.3 Å². The van der Waals surface area contributed by atoms with Crippen LogP contribution >= 0.6 is 11.3 Å². The first-order chi connectivity index (χ1) is 15.6. The minimum atomic E-state index is -0.678. The normalized spacial score (nSPS) is 14.3. The molecule has 1 aliphatic heterocycles. The number of thiophene rings is 1. The second kappa shape index (κ2) is 10.4. The Bertz CT molecular complexity index is 1050. The molecule has 32 heavy (non-hydrogen) atoms. The van der Waals surface area contributed by atoms with Crippen molar-refractivity contribution in [2.24, 2.45) is 0 Å². The van der Waals surface area contributed by atoms with E-state index in [4.69, 9.17) is 4.74 Å². The van der Waals surface area contributed by atoms with Crippen molar-refractivity contribution in [1.82, 2.24) is 10.2 Å². The van der Waals surface area contributed by atoms with Gasteiger partial charge in [-0.15, -0.1) is 11.3 Å². The Morgan fingerprint density at radius 3 is 2.53 bits per heavy atom. The van der Waals surface area contributed by atoms with Crippen LogP contribution in [-0.4, -0.2) is 36.4 Å². The van der Waals surface area contributed by atoms with Gasteiger partial charge < -0.3 is 15.4 Å². The molecule has 3 aromatic rings. The molecule has 0 aliphatic carbocycles. The van der Waals surface area contributed by atoms with E-state index in [1.54, 1.807) is 35.6 Å². The number of anilines is 1. The summed E-state index contributed by atoms with van der Waals surface area (Å²) >= 11 is 1.67. The van der Waals surface area contributed by atoms with Crippen LogP contribution in [-0.2, 0) is 22.6 Å². The monoisotopic (exact) mass is 449 g/mol. The SMILES string of the molecule is CCOc1ccc(NC(=O)C(=O)NCC(c2cccs2)N2CCc3ccccc3C2)cc1. The highest BCUT2D eigenvalue weighted by Crippen LogP contribution is 2.30. The van der Waals surface area contributed by atoms with Gasteiger partial charge in [-0.25, -0.2) is 0 Å². The Labute approximate surface area is 192 Å². The van der Waals surface area contributed by atoms with E-state index in [1.807, 2.05) is 18.4 Å². The first-order valence-corrected chi connectivity index (χ1v) is 11.7. The van der Waals surface area contributed by atoms with E-state index >= 15 is 0 Å². The predicted molar refractivity (Wildman–Crippen MR) is 127 cm³/mol. The summed E-state index contributed by atoms with van der Waals surface area (Å²) in [5, 5.41) is 7.52. The van der Waals surface area contributed by atoms with E-state index in [1.165, 1.54) is 16.0 Å². The number of ether oxygens (including phenoxy) is 1. The van der Waals surface area contributed by atoms with Crippen molar-refractivity contribution in [2.45, 2.75) is 25.9 Å². The fourth-order valence-corrected chi connectivity index (χ4v) is 4.79. The van der Waals surface area contributed by atoms with Crippen LogP contribution in [0.5, 0.6) is 5.75 Å². The zero-order valence-electron chi connectivity index (χ0n) is 18.0. The molecule has 1 unspecified atom stereocenters. The maximum Gasteiger partial charge on any atom is 0.313 e. The van der Waals surface area contributed by atoms with Gasteiger partial charge in [-0.1, -0.05) is 30.3 Å². The van der Waals surface area contributed by atoms with Gasteiger partial charge in [-0.2, -0.15) is 0 Å². The largest absolute Gasteiger partial charge is 0.494 e. The number of rotatable bonds is 7. The van der Waals surface area contributed by atoms with Gasteiger partial charge in [0, 0.05) is 30.2 Å². The topological polar surface area (TPSA) is 70.7 Å². The molecule has 0 spiro atoms. The number of hydrogen-bond acceptors (Lipinski definition) is 5. The highest BCUT2D eigenvalue weighted by atomic mass is 32.1.